The van der Waals surface area contributed by atoms with E-state index in [1.807, 2.05) is 61.7 Å². The van der Waals surface area contributed by atoms with Gasteiger partial charge >= 0.3 is 12.1 Å². The molecule has 0 radical (unpaired) electrons. The van der Waals surface area contributed by atoms with Gasteiger partial charge in [0.15, 0.2) is 0 Å². The number of aromatic amines is 1. The number of H-pyrrole nitrogens is 1. The van der Waals surface area contributed by atoms with Crippen LogP contribution in [0.4, 0.5) is 4.79 Å². The van der Waals surface area contributed by atoms with Crippen LogP contribution in [0.25, 0.3) is 22.0 Å². The minimum atomic E-state index is -0.889. The molecule has 6 heteroatoms. The molecule has 172 valence electrons. The Hall–Kier alpha value is -4.06. The number of rotatable bonds is 6. The number of carbonyl (C=O) groups excluding carboxylic acids is 2. The second-order valence-corrected chi connectivity index (χ2v) is 8.55. The Kier molecular flexibility index (Phi) is 5.80. The number of esters is 1. The number of carbonyl (C=O) groups is 2. The summed E-state index contributed by atoms with van der Waals surface area (Å²) in [6, 6.07) is 23.3. The fourth-order valence-electron chi connectivity index (χ4n) is 4.93. The van der Waals surface area contributed by atoms with Crippen LogP contribution >= 0.6 is 0 Å². The molecule has 1 heterocycles. The van der Waals surface area contributed by atoms with Crippen molar-refractivity contribution >= 4 is 23.0 Å². The van der Waals surface area contributed by atoms with Gasteiger partial charge in [-0.3, -0.25) is 0 Å². The lowest BCUT2D eigenvalue weighted by Crippen LogP contribution is -2.45. The molecule has 0 fully saturated rings. The molecular weight excluding hydrogens is 428 g/mol. The molecule has 0 spiro atoms. The van der Waals surface area contributed by atoms with Crippen LogP contribution in [-0.2, 0) is 14.3 Å². The number of amides is 1. The quantitative estimate of drug-likeness (QED) is 0.385. The zero-order valence-corrected chi connectivity index (χ0v) is 19.1. The average Bonchev–Trinajstić information content (AvgIpc) is 3.45. The van der Waals surface area contributed by atoms with Gasteiger partial charge in [-0.25, -0.2) is 9.59 Å². The number of ether oxygens (including phenoxy) is 2. The molecule has 2 atom stereocenters. The van der Waals surface area contributed by atoms with Gasteiger partial charge in [0.2, 0.25) is 0 Å². The normalized spacial score (nSPS) is 14.2. The van der Waals surface area contributed by atoms with Gasteiger partial charge in [-0.15, -0.1) is 0 Å². The molecular formula is C28H26N2O4. The van der Waals surface area contributed by atoms with E-state index in [2.05, 4.69) is 34.6 Å². The molecule has 3 aromatic carbocycles. The zero-order chi connectivity index (χ0) is 23.7. The van der Waals surface area contributed by atoms with Crippen molar-refractivity contribution in [2.75, 3.05) is 13.7 Å². The van der Waals surface area contributed by atoms with Crippen LogP contribution in [0.5, 0.6) is 0 Å². The number of hydrogen-bond acceptors (Lipinski definition) is 4. The molecule has 0 saturated carbocycles. The highest BCUT2D eigenvalue weighted by molar-refractivity contribution is 5.87. The minimum absolute atomic E-state index is 0.0548. The van der Waals surface area contributed by atoms with E-state index in [1.54, 1.807) is 0 Å². The summed E-state index contributed by atoms with van der Waals surface area (Å²) < 4.78 is 10.7. The number of aromatic nitrogens is 1. The number of fused-ring (bicyclic) bond motifs is 4. The van der Waals surface area contributed by atoms with Crippen molar-refractivity contribution in [1.82, 2.24) is 10.3 Å². The van der Waals surface area contributed by atoms with Gasteiger partial charge in [0.25, 0.3) is 0 Å². The molecule has 4 aromatic rings. The Bertz CT molecular complexity index is 1310. The second-order valence-electron chi connectivity index (χ2n) is 8.55. The fourth-order valence-corrected chi connectivity index (χ4v) is 4.93. The van der Waals surface area contributed by atoms with E-state index in [0.29, 0.717) is 0 Å². The molecule has 0 aliphatic heterocycles. The topological polar surface area (TPSA) is 80.4 Å². The number of benzene rings is 3. The second kappa shape index (κ2) is 9.06. The van der Waals surface area contributed by atoms with E-state index in [0.717, 1.165) is 38.7 Å². The molecule has 1 amide bonds. The van der Waals surface area contributed by atoms with Crippen molar-refractivity contribution in [3.05, 3.63) is 95.7 Å². The number of nitrogens with one attached hydrogen (secondary N) is 2. The summed E-state index contributed by atoms with van der Waals surface area (Å²) >= 11 is 0. The molecule has 6 nitrogen and oxygen atoms in total. The maximum Gasteiger partial charge on any atom is 0.407 e. The third kappa shape index (κ3) is 3.81. The van der Waals surface area contributed by atoms with Crippen LogP contribution in [0.2, 0.25) is 0 Å². The molecule has 0 unspecified atom stereocenters. The summed E-state index contributed by atoms with van der Waals surface area (Å²) in [4.78, 5) is 28.7. The molecule has 2 N–H and O–H groups in total. The predicted octanol–water partition coefficient (Wildman–Crippen LogP) is 5.35. The Labute approximate surface area is 197 Å². The van der Waals surface area contributed by atoms with Crippen LogP contribution in [0.1, 0.15) is 35.4 Å². The Balaban J connectivity index is 1.33. The van der Waals surface area contributed by atoms with Gasteiger partial charge in [-0.05, 0) is 33.9 Å². The maximum atomic E-state index is 12.8. The molecule has 1 aliphatic rings. The minimum Gasteiger partial charge on any atom is -0.467 e. The van der Waals surface area contributed by atoms with Crippen molar-refractivity contribution in [2.24, 2.45) is 0 Å². The monoisotopic (exact) mass is 454 g/mol. The van der Waals surface area contributed by atoms with Crippen molar-refractivity contribution in [1.29, 1.82) is 0 Å². The summed E-state index contributed by atoms with van der Waals surface area (Å²) in [7, 11) is 1.32. The van der Waals surface area contributed by atoms with Crippen molar-refractivity contribution in [3.63, 3.8) is 0 Å². The first-order valence-electron chi connectivity index (χ1n) is 11.3. The smallest absolute Gasteiger partial charge is 0.407 e. The van der Waals surface area contributed by atoms with E-state index in [9.17, 15) is 9.59 Å². The lowest BCUT2D eigenvalue weighted by Gasteiger charge is -2.23. The average molecular weight is 455 g/mol. The first kappa shape index (κ1) is 21.8. The fraction of sp³-hybridized carbons (Fsp3) is 0.214. The van der Waals surface area contributed by atoms with E-state index >= 15 is 0 Å². The van der Waals surface area contributed by atoms with E-state index < -0.39 is 18.1 Å². The van der Waals surface area contributed by atoms with E-state index in [1.165, 1.54) is 7.11 Å². The molecule has 0 bridgehead atoms. The van der Waals surface area contributed by atoms with Crippen LogP contribution in [-0.4, -0.2) is 36.8 Å². The number of methoxy groups -OCH3 is 1. The van der Waals surface area contributed by atoms with Gasteiger partial charge in [0.1, 0.15) is 12.6 Å². The molecule has 0 saturated heterocycles. The number of alkyl carbamates (subject to hydrolysis) is 1. The maximum absolute atomic E-state index is 12.8. The van der Waals surface area contributed by atoms with Crippen LogP contribution in [0, 0.1) is 0 Å². The summed E-state index contributed by atoms with van der Waals surface area (Å²) in [5.74, 6) is -0.906. The van der Waals surface area contributed by atoms with Crippen LogP contribution in [0.3, 0.4) is 0 Å². The highest BCUT2D eigenvalue weighted by Gasteiger charge is 2.33. The van der Waals surface area contributed by atoms with Crippen LogP contribution < -0.4 is 5.32 Å². The van der Waals surface area contributed by atoms with Gasteiger partial charge in [-0.1, -0.05) is 73.7 Å². The first-order valence-corrected chi connectivity index (χ1v) is 11.3. The Morgan fingerprint density at radius 2 is 1.56 bits per heavy atom. The summed E-state index contributed by atoms with van der Waals surface area (Å²) in [5, 5.41) is 3.74. The van der Waals surface area contributed by atoms with E-state index in [-0.39, 0.29) is 18.4 Å². The third-order valence-corrected chi connectivity index (χ3v) is 6.68. The summed E-state index contributed by atoms with van der Waals surface area (Å²) in [6.07, 6.45) is 1.22. The largest absolute Gasteiger partial charge is 0.467 e. The highest BCUT2D eigenvalue weighted by atomic mass is 16.6. The molecule has 1 aromatic heterocycles. The molecule has 34 heavy (non-hydrogen) atoms. The van der Waals surface area contributed by atoms with Gasteiger partial charge < -0.3 is 19.8 Å². The van der Waals surface area contributed by atoms with Crippen molar-refractivity contribution in [2.45, 2.75) is 24.8 Å². The third-order valence-electron chi connectivity index (χ3n) is 6.68. The predicted molar refractivity (Wildman–Crippen MR) is 131 cm³/mol. The van der Waals surface area contributed by atoms with Crippen LogP contribution in [0.15, 0.2) is 79.0 Å². The summed E-state index contributed by atoms with van der Waals surface area (Å²) in [5.41, 5.74) is 6.47. The number of para-hydroxylation sites is 1. The molecule has 1 aliphatic carbocycles. The first-order chi connectivity index (χ1) is 16.6. The van der Waals surface area contributed by atoms with Crippen molar-refractivity contribution < 1.29 is 19.1 Å². The molecule has 5 rings (SSSR count). The zero-order valence-electron chi connectivity index (χ0n) is 19.1. The SMILES string of the molecule is COC(=O)[C@H](NC(=O)OCC1c2ccccc2-c2ccccc21)[C@@H](C)c1c[nH]c2ccccc12. The Morgan fingerprint density at radius 1 is 0.941 bits per heavy atom. The van der Waals surface area contributed by atoms with Crippen molar-refractivity contribution in [3.8, 4) is 11.1 Å². The lowest BCUT2D eigenvalue weighted by atomic mass is 9.93. The standard InChI is InChI=1S/C28H26N2O4/c1-17(23-15-29-25-14-8-7-13-22(23)25)26(27(31)33-2)30-28(32)34-16-24-20-11-5-3-9-18(20)19-10-4-6-12-21(19)24/h3-15,17,24,26,29H,16H2,1-2H3,(H,30,32)/t17-,26+/m0/s1. The van der Waals surface area contributed by atoms with Gasteiger partial charge in [-0.2, -0.15) is 0 Å². The van der Waals surface area contributed by atoms with Gasteiger partial charge in [0.05, 0.1) is 7.11 Å². The van der Waals surface area contributed by atoms with E-state index in [4.69, 9.17) is 9.47 Å². The van der Waals surface area contributed by atoms with Gasteiger partial charge in [0, 0.05) is 28.9 Å². The summed E-state index contributed by atoms with van der Waals surface area (Å²) in [6.45, 7) is 2.07. The Morgan fingerprint density at radius 3 is 2.24 bits per heavy atom. The number of hydrogen-bond donors (Lipinski definition) is 2. The lowest BCUT2D eigenvalue weighted by molar-refractivity contribution is -0.143. The highest BCUT2D eigenvalue weighted by Crippen LogP contribution is 2.44.